The molecule has 1 rings (SSSR count). The van der Waals surface area contributed by atoms with Gasteiger partial charge in [0.15, 0.2) is 0 Å². The molecule has 3 N–H and O–H groups in total. The van der Waals surface area contributed by atoms with Crippen LogP contribution in [-0.4, -0.2) is 47.2 Å². The van der Waals surface area contributed by atoms with Crippen LogP contribution in [0.5, 0.6) is 0 Å². The number of rotatable bonds is 5. The molecule has 4 heteroatoms. The van der Waals surface area contributed by atoms with Gasteiger partial charge in [0.1, 0.15) is 5.60 Å². The first-order valence-corrected chi connectivity index (χ1v) is 6.28. The summed E-state index contributed by atoms with van der Waals surface area (Å²) < 4.78 is 0. The van der Waals surface area contributed by atoms with E-state index in [0.29, 0.717) is 13.1 Å². The van der Waals surface area contributed by atoms with Crippen LogP contribution in [0.4, 0.5) is 5.69 Å². The van der Waals surface area contributed by atoms with Gasteiger partial charge in [-0.05, 0) is 38.1 Å². The predicted molar refractivity (Wildman–Crippen MR) is 76.0 cm³/mol. The van der Waals surface area contributed by atoms with Crippen LogP contribution < -0.4 is 4.90 Å². The Bertz CT molecular complexity index is 431. The van der Waals surface area contributed by atoms with E-state index < -0.39 is 5.60 Å². The Morgan fingerprint density at radius 1 is 1.05 bits per heavy atom. The molecule has 0 heterocycles. The molecular weight excluding hydrogens is 242 g/mol. The molecule has 0 amide bonds. The highest BCUT2D eigenvalue weighted by atomic mass is 16.3. The molecule has 104 valence electrons. The molecule has 0 aliphatic heterocycles. The Morgan fingerprint density at radius 3 is 2.00 bits per heavy atom. The van der Waals surface area contributed by atoms with Crippen LogP contribution in [0.3, 0.4) is 0 Å². The number of hydrogen-bond acceptors (Lipinski definition) is 4. The van der Waals surface area contributed by atoms with E-state index in [2.05, 4.69) is 11.8 Å². The summed E-state index contributed by atoms with van der Waals surface area (Å²) in [6.07, 6.45) is 0. The molecule has 0 atom stereocenters. The minimum Gasteiger partial charge on any atom is -0.395 e. The van der Waals surface area contributed by atoms with E-state index >= 15 is 0 Å². The lowest BCUT2D eigenvalue weighted by molar-refractivity contribution is 0.143. The largest absolute Gasteiger partial charge is 0.395 e. The van der Waals surface area contributed by atoms with Crippen molar-refractivity contribution in [2.24, 2.45) is 0 Å². The van der Waals surface area contributed by atoms with E-state index in [9.17, 15) is 5.11 Å². The van der Waals surface area contributed by atoms with Crippen LogP contribution in [0.1, 0.15) is 19.4 Å². The Hall–Kier alpha value is -1.54. The maximum Gasteiger partial charge on any atom is 0.120 e. The van der Waals surface area contributed by atoms with Gasteiger partial charge in [-0.15, -0.1) is 0 Å². The average molecular weight is 263 g/mol. The Kier molecular flexibility index (Phi) is 5.84. The molecule has 0 aliphatic carbocycles. The summed E-state index contributed by atoms with van der Waals surface area (Å²) >= 11 is 0. The van der Waals surface area contributed by atoms with Crippen molar-refractivity contribution >= 4 is 5.69 Å². The quantitative estimate of drug-likeness (QED) is 0.681. The van der Waals surface area contributed by atoms with Crippen molar-refractivity contribution in [1.82, 2.24) is 0 Å². The molecule has 0 saturated carbocycles. The van der Waals surface area contributed by atoms with Gasteiger partial charge in [-0.2, -0.15) is 0 Å². The number of benzene rings is 1. The maximum absolute atomic E-state index is 9.52. The Balaban J connectivity index is 2.81. The first kappa shape index (κ1) is 15.5. The molecule has 0 fully saturated rings. The third-order valence-corrected chi connectivity index (χ3v) is 2.49. The SMILES string of the molecule is CC(C)(O)C#Cc1ccc(N(CCO)CCO)cc1. The van der Waals surface area contributed by atoms with Crippen molar-refractivity contribution in [3.8, 4) is 11.8 Å². The van der Waals surface area contributed by atoms with Crippen LogP contribution >= 0.6 is 0 Å². The van der Waals surface area contributed by atoms with E-state index in [-0.39, 0.29) is 13.2 Å². The van der Waals surface area contributed by atoms with Crippen LogP contribution in [0.25, 0.3) is 0 Å². The predicted octanol–water partition coefficient (Wildman–Crippen LogP) is 0.600. The van der Waals surface area contributed by atoms with Gasteiger partial charge in [-0.1, -0.05) is 11.8 Å². The van der Waals surface area contributed by atoms with Crippen molar-refractivity contribution in [2.45, 2.75) is 19.4 Å². The van der Waals surface area contributed by atoms with E-state index in [1.807, 2.05) is 29.2 Å². The lowest BCUT2D eigenvalue weighted by Crippen LogP contribution is -2.29. The van der Waals surface area contributed by atoms with Crippen LogP contribution in [0.15, 0.2) is 24.3 Å². The third kappa shape index (κ3) is 5.75. The van der Waals surface area contributed by atoms with Gasteiger partial charge in [0.25, 0.3) is 0 Å². The van der Waals surface area contributed by atoms with E-state index in [0.717, 1.165) is 11.3 Å². The van der Waals surface area contributed by atoms with E-state index in [1.54, 1.807) is 13.8 Å². The van der Waals surface area contributed by atoms with Crippen molar-refractivity contribution in [2.75, 3.05) is 31.2 Å². The standard InChI is InChI=1S/C15H21NO3/c1-15(2,19)8-7-13-3-5-14(6-4-13)16(9-11-17)10-12-18/h3-6,17-19H,9-12H2,1-2H3. The van der Waals surface area contributed by atoms with Crippen LogP contribution in [-0.2, 0) is 0 Å². The first-order valence-electron chi connectivity index (χ1n) is 6.28. The summed E-state index contributed by atoms with van der Waals surface area (Å²) in [4.78, 5) is 1.90. The van der Waals surface area contributed by atoms with Crippen molar-refractivity contribution in [3.05, 3.63) is 29.8 Å². The molecule has 0 aliphatic rings. The lowest BCUT2D eigenvalue weighted by atomic mass is 10.1. The van der Waals surface area contributed by atoms with E-state index in [4.69, 9.17) is 10.2 Å². The lowest BCUT2D eigenvalue weighted by Gasteiger charge is -2.22. The normalized spacial score (nSPS) is 10.8. The minimum atomic E-state index is -1.00. The topological polar surface area (TPSA) is 63.9 Å². The van der Waals surface area contributed by atoms with Crippen molar-refractivity contribution < 1.29 is 15.3 Å². The summed E-state index contributed by atoms with van der Waals surface area (Å²) in [5, 5.41) is 27.5. The number of nitrogens with zero attached hydrogens (tertiary/aromatic N) is 1. The summed E-state index contributed by atoms with van der Waals surface area (Å²) in [7, 11) is 0. The Labute approximate surface area is 114 Å². The van der Waals surface area contributed by atoms with Gasteiger partial charge in [-0.25, -0.2) is 0 Å². The van der Waals surface area contributed by atoms with Crippen molar-refractivity contribution in [3.63, 3.8) is 0 Å². The zero-order chi connectivity index (χ0) is 14.3. The zero-order valence-corrected chi connectivity index (χ0v) is 11.4. The minimum absolute atomic E-state index is 0.0419. The molecule has 0 spiro atoms. The maximum atomic E-state index is 9.52. The molecule has 4 nitrogen and oxygen atoms in total. The molecule has 0 radical (unpaired) electrons. The molecule has 19 heavy (non-hydrogen) atoms. The van der Waals surface area contributed by atoms with Crippen molar-refractivity contribution in [1.29, 1.82) is 0 Å². The van der Waals surface area contributed by atoms with Gasteiger partial charge in [0.05, 0.1) is 13.2 Å². The number of anilines is 1. The first-order chi connectivity index (χ1) is 8.96. The van der Waals surface area contributed by atoms with Gasteiger partial charge in [-0.3, -0.25) is 0 Å². The monoisotopic (exact) mass is 263 g/mol. The molecular formula is C15H21NO3. The molecule has 0 bridgehead atoms. The number of aliphatic hydroxyl groups is 3. The van der Waals surface area contributed by atoms with Gasteiger partial charge in [0.2, 0.25) is 0 Å². The highest BCUT2D eigenvalue weighted by Crippen LogP contribution is 2.14. The zero-order valence-electron chi connectivity index (χ0n) is 11.4. The second-order valence-corrected chi connectivity index (χ2v) is 4.79. The second kappa shape index (κ2) is 7.15. The molecule has 0 aromatic heterocycles. The molecule has 1 aromatic rings. The third-order valence-electron chi connectivity index (χ3n) is 2.49. The number of aliphatic hydroxyl groups excluding tert-OH is 2. The fourth-order valence-corrected chi connectivity index (χ4v) is 1.59. The summed E-state index contributed by atoms with van der Waals surface area (Å²) in [5.74, 6) is 5.65. The van der Waals surface area contributed by atoms with E-state index in [1.165, 1.54) is 0 Å². The highest BCUT2D eigenvalue weighted by Gasteiger charge is 2.06. The van der Waals surface area contributed by atoms with Gasteiger partial charge in [0, 0.05) is 24.3 Å². The average Bonchev–Trinajstić information content (AvgIpc) is 2.36. The summed E-state index contributed by atoms with van der Waals surface area (Å²) in [6.45, 7) is 4.32. The smallest absolute Gasteiger partial charge is 0.120 e. The highest BCUT2D eigenvalue weighted by molar-refractivity contribution is 5.50. The molecule has 1 aromatic carbocycles. The van der Waals surface area contributed by atoms with Crippen LogP contribution in [0.2, 0.25) is 0 Å². The molecule has 0 saturated heterocycles. The molecule has 0 unspecified atom stereocenters. The Morgan fingerprint density at radius 2 is 1.58 bits per heavy atom. The fourth-order valence-electron chi connectivity index (χ4n) is 1.59. The number of hydrogen-bond donors (Lipinski definition) is 3. The summed E-state index contributed by atoms with van der Waals surface area (Å²) in [6, 6.07) is 7.49. The van der Waals surface area contributed by atoms with Gasteiger partial charge < -0.3 is 20.2 Å². The summed E-state index contributed by atoms with van der Waals surface area (Å²) in [5.41, 5.74) is 0.745. The van der Waals surface area contributed by atoms with Gasteiger partial charge >= 0.3 is 0 Å². The van der Waals surface area contributed by atoms with Crippen LogP contribution in [0, 0.1) is 11.8 Å². The fraction of sp³-hybridized carbons (Fsp3) is 0.467. The second-order valence-electron chi connectivity index (χ2n) is 4.79.